The number of alkyl halides is 3. The van der Waals surface area contributed by atoms with Crippen LogP contribution in [0.25, 0.3) is 11.1 Å². The number of carbonyl (C=O) groups is 1. The second-order valence-electron chi connectivity index (χ2n) is 12.1. The van der Waals surface area contributed by atoms with Gasteiger partial charge in [0, 0.05) is 36.1 Å². The number of morpholine rings is 1. The Morgan fingerprint density at radius 1 is 1.04 bits per heavy atom. The van der Waals surface area contributed by atoms with Crippen molar-refractivity contribution in [3.05, 3.63) is 100 Å². The molecule has 1 amide bonds. The first-order valence-electron chi connectivity index (χ1n) is 15.7. The standard InChI is InChI=1S/C34H35F4N5O4S/c1-22-17-23(19-25(35)18-22)20-29(40-31(44)21-43-30-7-3-2-5-28(30)33(41-43)34(36,37)38)32-27(6-4-12-39-32)24-8-10-26(11-9-24)48(45,46)42-13-15-47-16-14-42/h4,6,8-12,17-19,29H,2-3,5,7,13-16,20-21H2,1H3,(H,40,44)/t29-/m0/s1. The van der Waals surface area contributed by atoms with Crippen LogP contribution >= 0.6 is 0 Å². The van der Waals surface area contributed by atoms with Crippen LogP contribution in [0.1, 0.15) is 52.7 Å². The predicted molar refractivity (Wildman–Crippen MR) is 169 cm³/mol. The molecule has 1 aliphatic carbocycles. The molecular formula is C34H35F4N5O4S. The Bertz CT molecular complexity index is 1890. The fourth-order valence-corrected chi connectivity index (χ4v) is 7.88. The lowest BCUT2D eigenvalue weighted by Crippen LogP contribution is -2.40. The lowest BCUT2D eigenvalue weighted by molar-refractivity contribution is -0.142. The minimum Gasteiger partial charge on any atom is -0.379 e. The van der Waals surface area contributed by atoms with Crippen molar-refractivity contribution in [2.75, 3.05) is 26.3 Å². The molecule has 2 aromatic carbocycles. The fourth-order valence-electron chi connectivity index (χ4n) is 6.47. The second-order valence-corrected chi connectivity index (χ2v) is 14.0. The minimum absolute atomic E-state index is 0.124. The van der Waals surface area contributed by atoms with Crippen LogP contribution in [-0.2, 0) is 51.5 Å². The summed E-state index contributed by atoms with van der Waals surface area (Å²) in [6.07, 6.45) is -1.01. The molecule has 4 aromatic rings. The summed E-state index contributed by atoms with van der Waals surface area (Å²) >= 11 is 0. The van der Waals surface area contributed by atoms with E-state index >= 15 is 0 Å². The molecule has 0 unspecified atom stereocenters. The Kier molecular flexibility index (Phi) is 9.68. The quantitative estimate of drug-likeness (QED) is 0.236. The van der Waals surface area contributed by atoms with Crippen LogP contribution in [0.3, 0.4) is 0 Å². The van der Waals surface area contributed by atoms with Gasteiger partial charge in [-0.05, 0) is 86.1 Å². The number of sulfonamides is 1. The van der Waals surface area contributed by atoms with E-state index in [2.05, 4.69) is 15.4 Å². The Balaban J connectivity index is 1.32. The molecule has 1 N–H and O–H groups in total. The third-order valence-electron chi connectivity index (χ3n) is 8.64. The molecule has 1 fully saturated rings. The van der Waals surface area contributed by atoms with Gasteiger partial charge in [-0.15, -0.1) is 0 Å². The maximum Gasteiger partial charge on any atom is 0.435 e. The molecule has 1 atom stereocenters. The number of ether oxygens (including phenoxy) is 1. The van der Waals surface area contributed by atoms with Gasteiger partial charge in [0.25, 0.3) is 0 Å². The van der Waals surface area contributed by atoms with Gasteiger partial charge in [-0.3, -0.25) is 14.5 Å². The third kappa shape index (κ3) is 7.30. The molecule has 0 radical (unpaired) electrons. The van der Waals surface area contributed by atoms with Crippen LogP contribution in [0.15, 0.2) is 65.7 Å². The summed E-state index contributed by atoms with van der Waals surface area (Å²) in [5.74, 6) is -1.03. The molecule has 2 aliphatic rings. The normalized spacial score (nSPS) is 16.4. The van der Waals surface area contributed by atoms with Crippen molar-refractivity contribution in [1.82, 2.24) is 24.4 Å². The zero-order valence-electron chi connectivity index (χ0n) is 26.3. The largest absolute Gasteiger partial charge is 0.435 e. The van der Waals surface area contributed by atoms with Gasteiger partial charge in [-0.2, -0.15) is 22.6 Å². The Hall–Kier alpha value is -4.14. The highest BCUT2D eigenvalue weighted by atomic mass is 32.2. The van der Waals surface area contributed by atoms with Crippen molar-refractivity contribution in [3.8, 4) is 11.1 Å². The van der Waals surface area contributed by atoms with Crippen molar-refractivity contribution in [2.45, 2.75) is 62.7 Å². The van der Waals surface area contributed by atoms with Gasteiger partial charge >= 0.3 is 6.18 Å². The van der Waals surface area contributed by atoms with E-state index in [-0.39, 0.29) is 36.4 Å². The molecule has 0 spiro atoms. The van der Waals surface area contributed by atoms with Crippen molar-refractivity contribution in [1.29, 1.82) is 0 Å². The van der Waals surface area contributed by atoms with Gasteiger partial charge in [0.1, 0.15) is 12.4 Å². The predicted octanol–water partition coefficient (Wildman–Crippen LogP) is 5.41. The summed E-state index contributed by atoms with van der Waals surface area (Å²) in [5.41, 5.74) is 2.50. The van der Waals surface area contributed by atoms with Crippen molar-refractivity contribution >= 4 is 15.9 Å². The second kappa shape index (κ2) is 13.8. The Labute approximate surface area is 276 Å². The maximum absolute atomic E-state index is 14.4. The molecule has 3 heterocycles. The number of benzene rings is 2. The van der Waals surface area contributed by atoms with E-state index in [1.54, 1.807) is 43.5 Å². The molecule has 48 heavy (non-hydrogen) atoms. The van der Waals surface area contributed by atoms with E-state index in [4.69, 9.17) is 4.74 Å². The lowest BCUT2D eigenvalue weighted by Gasteiger charge is -2.26. The van der Waals surface area contributed by atoms with Gasteiger partial charge < -0.3 is 10.1 Å². The number of pyridine rings is 1. The van der Waals surface area contributed by atoms with Crippen molar-refractivity contribution < 1.29 is 35.5 Å². The molecule has 2 aromatic heterocycles. The Morgan fingerprint density at radius 2 is 1.77 bits per heavy atom. The van der Waals surface area contributed by atoms with Crippen molar-refractivity contribution in [3.63, 3.8) is 0 Å². The van der Waals surface area contributed by atoms with Crippen LogP contribution in [0.4, 0.5) is 17.6 Å². The first-order valence-corrected chi connectivity index (χ1v) is 17.2. The summed E-state index contributed by atoms with van der Waals surface area (Å²) in [6, 6.07) is 13.5. The number of aryl methyl sites for hydroxylation is 1. The average molecular weight is 686 g/mol. The van der Waals surface area contributed by atoms with Crippen molar-refractivity contribution in [2.24, 2.45) is 0 Å². The van der Waals surface area contributed by atoms with Crippen LogP contribution in [0, 0.1) is 12.7 Å². The summed E-state index contributed by atoms with van der Waals surface area (Å²) in [7, 11) is -3.73. The molecule has 9 nitrogen and oxygen atoms in total. The fraction of sp³-hybridized carbons (Fsp3) is 0.382. The molecule has 6 rings (SSSR count). The van der Waals surface area contributed by atoms with E-state index < -0.39 is 46.2 Å². The lowest BCUT2D eigenvalue weighted by atomic mass is 9.95. The van der Waals surface area contributed by atoms with Gasteiger partial charge in [0.15, 0.2) is 5.69 Å². The highest BCUT2D eigenvalue weighted by molar-refractivity contribution is 7.89. The van der Waals surface area contributed by atoms with Crippen LogP contribution < -0.4 is 5.32 Å². The van der Waals surface area contributed by atoms with E-state index in [1.807, 2.05) is 0 Å². The molecule has 0 bridgehead atoms. The number of amides is 1. The van der Waals surface area contributed by atoms with Crippen LogP contribution in [0.2, 0.25) is 0 Å². The summed E-state index contributed by atoms with van der Waals surface area (Å²) < 4.78 is 90.0. The minimum atomic E-state index is -4.64. The molecule has 1 saturated heterocycles. The number of rotatable bonds is 9. The highest BCUT2D eigenvalue weighted by Crippen LogP contribution is 2.36. The smallest absolute Gasteiger partial charge is 0.379 e. The number of carbonyl (C=O) groups excluding carboxylic acids is 1. The first-order chi connectivity index (χ1) is 22.9. The van der Waals surface area contributed by atoms with Gasteiger partial charge in [0.05, 0.1) is 29.8 Å². The topological polar surface area (TPSA) is 106 Å². The van der Waals surface area contributed by atoms with Crippen LogP contribution in [-0.4, -0.2) is 59.7 Å². The van der Waals surface area contributed by atoms with Gasteiger partial charge in [0.2, 0.25) is 15.9 Å². The number of nitrogens with one attached hydrogen (secondary N) is 1. The number of nitrogens with zero attached hydrogens (tertiary/aromatic N) is 4. The van der Waals surface area contributed by atoms with Crippen LogP contribution in [0.5, 0.6) is 0 Å². The molecule has 14 heteroatoms. The van der Waals surface area contributed by atoms with E-state index in [0.717, 1.165) is 4.68 Å². The number of hydrogen-bond donors (Lipinski definition) is 1. The van der Waals surface area contributed by atoms with E-state index in [0.29, 0.717) is 66.1 Å². The highest BCUT2D eigenvalue weighted by Gasteiger charge is 2.40. The molecular weight excluding hydrogens is 650 g/mol. The zero-order chi connectivity index (χ0) is 34.1. The number of aromatic nitrogens is 3. The number of halogens is 4. The SMILES string of the molecule is Cc1cc(F)cc(C[C@H](NC(=O)Cn2nc(C(F)(F)F)c3c2CCCC3)c2ncccc2-c2ccc(S(=O)(=O)N3CCOCC3)cc2)c1. The zero-order valence-corrected chi connectivity index (χ0v) is 27.1. The molecule has 0 saturated carbocycles. The summed E-state index contributed by atoms with van der Waals surface area (Å²) in [4.78, 5) is 18.3. The van der Waals surface area contributed by atoms with E-state index in [1.165, 1.54) is 28.6 Å². The maximum atomic E-state index is 14.4. The summed E-state index contributed by atoms with van der Waals surface area (Å²) in [5, 5.41) is 6.76. The monoisotopic (exact) mass is 685 g/mol. The molecule has 254 valence electrons. The third-order valence-corrected chi connectivity index (χ3v) is 10.6. The summed E-state index contributed by atoms with van der Waals surface area (Å²) in [6.45, 7) is 2.47. The Morgan fingerprint density at radius 3 is 2.48 bits per heavy atom. The van der Waals surface area contributed by atoms with Gasteiger partial charge in [-0.1, -0.05) is 24.3 Å². The number of fused-ring (bicyclic) bond motifs is 1. The van der Waals surface area contributed by atoms with E-state index in [9.17, 15) is 30.8 Å². The first kappa shape index (κ1) is 33.7. The number of hydrogen-bond acceptors (Lipinski definition) is 6. The average Bonchev–Trinajstić information content (AvgIpc) is 3.43. The molecule has 1 aliphatic heterocycles. The van der Waals surface area contributed by atoms with Gasteiger partial charge in [-0.25, -0.2) is 12.8 Å².